The normalized spacial score (nSPS) is 11.1. The zero-order chi connectivity index (χ0) is 12.3. The van der Waals surface area contributed by atoms with Crippen LogP contribution in [0, 0.1) is 5.82 Å². The SMILES string of the molecule is CN(Cc1cc(Br)cs1)Cc1ccccc1F. The van der Waals surface area contributed by atoms with Crippen molar-refractivity contribution in [3.05, 3.63) is 56.4 Å². The van der Waals surface area contributed by atoms with Gasteiger partial charge in [-0.25, -0.2) is 4.39 Å². The van der Waals surface area contributed by atoms with E-state index in [1.54, 1.807) is 17.4 Å². The minimum Gasteiger partial charge on any atom is -0.297 e. The molecular formula is C13H13BrFNS. The Bertz CT molecular complexity index is 498. The summed E-state index contributed by atoms with van der Waals surface area (Å²) in [5.74, 6) is -0.133. The molecule has 17 heavy (non-hydrogen) atoms. The van der Waals surface area contributed by atoms with Crippen LogP contribution in [0.3, 0.4) is 0 Å². The van der Waals surface area contributed by atoms with E-state index >= 15 is 0 Å². The first-order valence-corrected chi connectivity index (χ1v) is 6.97. The molecule has 0 unspecified atom stereocenters. The van der Waals surface area contributed by atoms with E-state index in [0.717, 1.165) is 16.6 Å². The molecule has 2 aromatic rings. The maximum atomic E-state index is 13.5. The highest BCUT2D eigenvalue weighted by Gasteiger charge is 2.06. The summed E-state index contributed by atoms with van der Waals surface area (Å²) in [6, 6.07) is 9.02. The third-order valence-electron chi connectivity index (χ3n) is 2.45. The molecule has 1 heterocycles. The predicted octanol–water partition coefficient (Wildman–Crippen LogP) is 4.28. The molecular weight excluding hydrogens is 301 g/mol. The second kappa shape index (κ2) is 5.76. The van der Waals surface area contributed by atoms with Gasteiger partial charge in [-0.1, -0.05) is 18.2 Å². The first kappa shape index (κ1) is 12.7. The highest BCUT2D eigenvalue weighted by atomic mass is 79.9. The Labute approximate surface area is 113 Å². The van der Waals surface area contributed by atoms with Crippen molar-refractivity contribution >= 4 is 27.3 Å². The molecule has 2 rings (SSSR count). The molecule has 0 atom stereocenters. The van der Waals surface area contributed by atoms with E-state index < -0.39 is 0 Å². The Hall–Kier alpha value is -0.710. The van der Waals surface area contributed by atoms with Gasteiger partial charge in [0.15, 0.2) is 0 Å². The average Bonchev–Trinajstić information content (AvgIpc) is 2.67. The molecule has 1 aromatic carbocycles. The summed E-state index contributed by atoms with van der Waals surface area (Å²) in [6.45, 7) is 1.47. The van der Waals surface area contributed by atoms with Gasteiger partial charge in [0.1, 0.15) is 5.82 Å². The second-order valence-corrected chi connectivity index (χ2v) is 5.91. The monoisotopic (exact) mass is 313 g/mol. The summed E-state index contributed by atoms with van der Waals surface area (Å²) in [5, 5.41) is 2.06. The number of halogens is 2. The topological polar surface area (TPSA) is 3.24 Å². The Morgan fingerprint density at radius 3 is 2.71 bits per heavy atom. The fourth-order valence-electron chi connectivity index (χ4n) is 1.68. The number of hydrogen-bond acceptors (Lipinski definition) is 2. The number of rotatable bonds is 4. The standard InChI is InChI=1S/C13H13BrFNS/c1-16(8-12-6-11(14)9-17-12)7-10-4-2-3-5-13(10)15/h2-6,9H,7-8H2,1H3. The number of thiophene rings is 1. The lowest BCUT2D eigenvalue weighted by Crippen LogP contribution is -2.17. The summed E-state index contributed by atoms with van der Waals surface area (Å²) in [6.07, 6.45) is 0. The van der Waals surface area contributed by atoms with Crippen molar-refractivity contribution in [3.8, 4) is 0 Å². The van der Waals surface area contributed by atoms with Crippen molar-refractivity contribution in [2.45, 2.75) is 13.1 Å². The number of hydrogen-bond donors (Lipinski definition) is 0. The van der Waals surface area contributed by atoms with Crippen LogP contribution in [0.2, 0.25) is 0 Å². The number of nitrogens with zero attached hydrogens (tertiary/aromatic N) is 1. The number of benzene rings is 1. The van der Waals surface area contributed by atoms with E-state index in [-0.39, 0.29) is 5.82 Å². The Morgan fingerprint density at radius 1 is 1.29 bits per heavy atom. The summed E-state index contributed by atoms with van der Waals surface area (Å²) in [7, 11) is 2.00. The van der Waals surface area contributed by atoms with Crippen LogP contribution in [0.15, 0.2) is 40.2 Å². The fourth-order valence-corrected chi connectivity index (χ4v) is 3.21. The molecule has 0 aliphatic rings. The van der Waals surface area contributed by atoms with Crippen LogP contribution in [0.4, 0.5) is 4.39 Å². The fraction of sp³-hybridized carbons (Fsp3) is 0.231. The van der Waals surface area contributed by atoms with Crippen LogP contribution >= 0.6 is 27.3 Å². The molecule has 4 heteroatoms. The molecule has 0 fully saturated rings. The van der Waals surface area contributed by atoms with E-state index in [2.05, 4.69) is 32.3 Å². The van der Waals surface area contributed by atoms with E-state index in [4.69, 9.17) is 0 Å². The van der Waals surface area contributed by atoms with Gasteiger partial charge in [-0.3, -0.25) is 4.90 Å². The first-order chi connectivity index (χ1) is 8.15. The molecule has 0 radical (unpaired) electrons. The van der Waals surface area contributed by atoms with Crippen LogP contribution in [-0.4, -0.2) is 11.9 Å². The Kier molecular flexibility index (Phi) is 4.31. The maximum absolute atomic E-state index is 13.5. The van der Waals surface area contributed by atoms with Gasteiger partial charge in [-0.2, -0.15) is 0 Å². The lowest BCUT2D eigenvalue weighted by atomic mass is 10.2. The van der Waals surface area contributed by atoms with Crippen LogP contribution in [0.5, 0.6) is 0 Å². The molecule has 90 valence electrons. The zero-order valence-corrected chi connectivity index (χ0v) is 11.9. The molecule has 1 aromatic heterocycles. The van der Waals surface area contributed by atoms with Gasteiger partial charge in [-0.05, 0) is 35.1 Å². The molecule has 1 nitrogen and oxygen atoms in total. The highest BCUT2D eigenvalue weighted by Crippen LogP contribution is 2.21. The van der Waals surface area contributed by atoms with Crippen LogP contribution in [-0.2, 0) is 13.1 Å². The first-order valence-electron chi connectivity index (χ1n) is 5.30. The average molecular weight is 314 g/mol. The molecule has 0 aliphatic heterocycles. The molecule has 0 amide bonds. The van der Waals surface area contributed by atoms with Crippen molar-refractivity contribution < 1.29 is 4.39 Å². The largest absolute Gasteiger partial charge is 0.297 e. The zero-order valence-electron chi connectivity index (χ0n) is 9.49. The van der Waals surface area contributed by atoms with E-state index in [9.17, 15) is 4.39 Å². The van der Waals surface area contributed by atoms with Gasteiger partial charge in [0.25, 0.3) is 0 Å². The lowest BCUT2D eigenvalue weighted by molar-refractivity contribution is 0.316. The van der Waals surface area contributed by atoms with Crippen LogP contribution in [0.1, 0.15) is 10.4 Å². The molecule has 0 spiro atoms. The third-order valence-corrected chi connectivity index (χ3v) is 4.13. The van der Waals surface area contributed by atoms with Crippen LogP contribution < -0.4 is 0 Å². The van der Waals surface area contributed by atoms with Gasteiger partial charge in [0.2, 0.25) is 0 Å². The van der Waals surface area contributed by atoms with Gasteiger partial charge in [-0.15, -0.1) is 11.3 Å². The predicted molar refractivity (Wildman–Crippen MR) is 73.6 cm³/mol. The minimum absolute atomic E-state index is 0.133. The second-order valence-electron chi connectivity index (χ2n) is 3.99. The smallest absolute Gasteiger partial charge is 0.127 e. The van der Waals surface area contributed by atoms with Crippen molar-refractivity contribution in [1.29, 1.82) is 0 Å². The summed E-state index contributed by atoms with van der Waals surface area (Å²) < 4.78 is 14.6. The van der Waals surface area contributed by atoms with E-state index in [1.165, 1.54) is 10.9 Å². The van der Waals surface area contributed by atoms with Crippen LogP contribution in [0.25, 0.3) is 0 Å². The van der Waals surface area contributed by atoms with Gasteiger partial charge in [0, 0.05) is 33.4 Å². The quantitative estimate of drug-likeness (QED) is 0.814. The molecule has 0 N–H and O–H groups in total. The van der Waals surface area contributed by atoms with E-state index in [1.807, 2.05) is 19.2 Å². The van der Waals surface area contributed by atoms with E-state index in [0.29, 0.717) is 6.54 Å². The third kappa shape index (κ3) is 3.63. The van der Waals surface area contributed by atoms with Gasteiger partial charge >= 0.3 is 0 Å². The summed E-state index contributed by atoms with van der Waals surface area (Å²) >= 11 is 5.14. The highest BCUT2D eigenvalue weighted by molar-refractivity contribution is 9.10. The van der Waals surface area contributed by atoms with Gasteiger partial charge in [0.05, 0.1) is 0 Å². The summed E-state index contributed by atoms with van der Waals surface area (Å²) in [5.41, 5.74) is 0.741. The molecule has 0 bridgehead atoms. The molecule has 0 aliphatic carbocycles. The van der Waals surface area contributed by atoms with Gasteiger partial charge < -0.3 is 0 Å². The van der Waals surface area contributed by atoms with Crippen molar-refractivity contribution in [2.75, 3.05) is 7.05 Å². The van der Waals surface area contributed by atoms with Crippen molar-refractivity contribution in [3.63, 3.8) is 0 Å². The molecule has 0 saturated carbocycles. The summed E-state index contributed by atoms with van der Waals surface area (Å²) in [4.78, 5) is 3.38. The Morgan fingerprint density at radius 2 is 2.06 bits per heavy atom. The maximum Gasteiger partial charge on any atom is 0.127 e. The van der Waals surface area contributed by atoms with Crippen molar-refractivity contribution in [2.24, 2.45) is 0 Å². The minimum atomic E-state index is -0.133. The lowest BCUT2D eigenvalue weighted by Gasteiger charge is -2.15. The molecule has 0 saturated heterocycles. The van der Waals surface area contributed by atoms with Crippen molar-refractivity contribution in [1.82, 2.24) is 4.90 Å². The Balaban J connectivity index is 1.98.